The first-order valence-electron chi connectivity index (χ1n) is 9.67. The van der Waals surface area contributed by atoms with Crippen molar-refractivity contribution in [3.05, 3.63) is 118 Å². The summed E-state index contributed by atoms with van der Waals surface area (Å²) in [7, 11) is 0. The van der Waals surface area contributed by atoms with E-state index in [1.165, 1.54) is 12.5 Å². The Morgan fingerprint density at radius 2 is 1.03 bits per heavy atom. The minimum absolute atomic E-state index is 0. The van der Waals surface area contributed by atoms with Crippen molar-refractivity contribution in [1.82, 2.24) is 0 Å². The third-order valence-electron chi connectivity index (χ3n) is 3.97. The molecule has 2 aromatic heterocycles. The molecule has 0 atom stereocenters. The number of hydrogen-bond acceptors (Lipinski definition) is 8. The summed E-state index contributed by atoms with van der Waals surface area (Å²) in [5, 5.41) is 17.3. The van der Waals surface area contributed by atoms with E-state index in [1.807, 2.05) is 36.4 Å². The van der Waals surface area contributed by atoms with Gasteiger partial charge in [-0.1, -0.05) is 59.6 Å². The van der Waals surface area contributed by atoms with E-state index in [0.717, 1.165) is 11.1 Å². The van der Waals surface area contributed by atoms with Gasteiger partial charge in [0.2, 0.25) is 0 Å². The Morgan fingerprint density at radius 1 is 0.629 bits per heavy atom. The van der Waals surface area contributed by atoms with Gasteiger partial charge in [0.15, 0.2) is 0 Å². The van der Waals surface area contributed by atoms with Crippen molar-refractivity contribution in [2.75, 3.05) is 0 Å². The Bertz CT molecular complexity index is 1210. The second-order valence-electron chi connectivity index (χ2n) is 6.30. The van der Waals surface area contributed by atoms with Crippen molar-refractivity contribution in [3.8, 4) is 0 Å². The quantitative estimate of drug-likeness (QED) is 0.0840. The second-order valence-corrected chi connectivity index (χ2v) is 7.88. The minimum atomic E-state index is 0. The maximum atomic E-state index is 5.95. The fraction of sp³-hybridized carbons (Fsp3) is 0. The van der Waals surface area contributed by atoms with Crippen LogP contribution in [0.25, 0.3) is 0 Å². The molecule has 11 heteroatoms. The van der Waals surface area contributed by atoms with Crippen LogP contribution >= 0.6 is 23.2 Å². The van der Waals surface area contributed by atoms with Crippen LogP contribution in [-0.2, 0) is 44.7 Å². The molecule has 0 saturated heterocycles. The van der Waals surface area contributed by atoms with Gasteiger partial charge in [-0.05, 0) is 46.5 Å². The predicted octanol–water partition coefficient (Wildman–Crippen LogP) is 6.52. The number of furan rings is 2. The van der Waals surface area contributed by atoms with Crippen molar-refractivity contribution in [1.29, 1.82) is 0 Å². The summed E-state index contributed by atoms with van der Waals surface area (Å²) in [6, 6.07) is 21.7. The molecule has 0 spiro atoms. The smallest absolute Gasteiger partial charge is 0.755 e. The van der Waals surface area contributed by atoms with Crippen LogP contribution in [0.4, 0.5) is 0 Å². The fourth-order valence-electron chi connectivity index (χ4n) is 2.35. The summed E-state index contributed by atoms with van der Waals surface area (Å²) in [6.45, 7) is 0. The van der Waals surface area contributed by atoms with Crippen LogP contribution in [0.15, 0.2) is 115 Å². The molecule has 0 aliphatic carbocycles. The predicted molar refractivity (Wildman–Crippen MR) is 143 cm³/mol. The molecule has 0 fully saturated rings. The first-order valence-corrected chi connectivity index (χ1v) is 11.2. The first kappa shape index (κ1) is 28.6. The van der Waals surface area contributed by atoms with Crippen molar-refractivity contribution < 1.29 is 28.3 Å². The van der Waals surface area contributed by atoms with Crippen LogP contribution in [-0.4, -0.2) is 22.5 Å². The zero-order valence-electron chi connectivity index (χ0n) is 18.1. The largest absolute Gasteiger partial charge is 2.00 e. The van der Waals surface area contributed by atoms with Gasteiger partial charge in [-0.2, -0.15) is 20.4 Å². The van der Waals surface area contributed by atoms with E-state index in [9.17, 15) is 0 Å². The zero-order valence-corrected chi connectivity index (χ0v) is 24.2. The maximum Gasteiger partial charge on any atom is 2.00 e. The average Bonchev–Trinajstić information content (AvgIpc) is 3.57. The van der Waals surface area contributed by atoms with E-state index in [4.69, 9.17) is 57.3 Å². The zero-order chi connectivity index (χ0) is 24.2. The van der Waals surface area contributed by atoms with E-state index in [0.29, 0.717) is 31.7 Å². The number of halogens is 2. The summed E-state index contributed by atoms with van der Waals surface area (Å²) in [4.78, 5) is 0. The Labute approximate surface area is 236 Å². The molecule has 0 aliphatic heterocycles. The summed E-state index contributed by atoms with van der Waals surface area (Å²) in [5.41, 5.74) is 1.58. The second kappa shape index (κ2) is 15.3. The van der Waals surface area contributed by atoms with Crippen LogP contribution in [0.2, 0.25) is 10.0 Å². The Morgan fingerprint density at radius 3 is 1.37 bits per heavy atom. The normalized spacial score (nSPS) is 11.8. The minimum Gasteiger partial charge on any atom is -0.755 e. The van der Waals surface area contributed by atoms with Gasteiger partial charge >= 0.3 is 19.5 Å². The molecule has 0 unspecified atom stereocenters. The standard InChI is InChI=1S/2C12H9ClN2OS.Zn/c2*13-10-5-2-1-4-9(10)8-14-15-12(17)11-6-3-7-16-11;/h2*1-8H,(H,15,17);/q;;+2/p-2/b2*14-8+;. The van der Waals surface area contributed by atoms with Gasteiger partial charge in [-0.25, -0.2) is 0 Å². The SMILES string of the molecule is [S-]/C(=N\N=C\c1ccccc1Cl)c1ccco1.[S-]/C(=N\N=C\c1ccccc1Cl)c1ccco1.[Zn+2]. The van der Waals surface area contributed by atoms with Gasteiger partial charge in [-0.3, -0.25) is 0 Å². The molecule has 0 aliphatic rings. The molecular formula is C24H16Cl2N4O2S2Zn. The van der Waals surface area contributed by atoms with Crippen LogP contribution < -0.4 is 0 Å². The monoisotopic (exact) mass is 590 g/mol. The number of rotatable bonds is 6. The van der Waals surface area contributed by atoms with E-state index >= 15 is 0 Å². The number of hydrogen-bond donors (Lipinski definition) is 0. The molecule has 4 aromatic rings. The van der Waals surface area contributed by atoms with Crippen molar-refractivity contribution in [3.63, 3.8) is 0 Å². The molecule has 172 valence electrons. The van der Waals surface area contributed by atoms with Gasteiger partial charge in [0.1, 0.15) is 11.5 Å². The van der Waals surface area contributed by atoms with E-state index < -0.39 is 0 Å². The molecule has 6 nitrogen and oxygen atoms in total. The van der Waals surface area contributed by atoms with E-state index in [-0.39, 0.29) is 19.5 Å². The molecular weight excluding hydrogens is 577 g/mol. The molecule has 0 saturated carbocycles. The van der Waals surface area contributed by atoms with Crippen LogP contribution in [0.3, 0.4) is 0 Å². The van der Waals surface area contributed by atoms with Gasteiger partial charge < -0.3 is 34.1 Å². The van der Waals surface area contributed by atoms with Gasteiger partial charge in [0.25, 0.3) is 0 Å². The number of benzene rings is 2. The molecule has 4 rings (SSSR count). The van der Waals surface area contributed by atoms with Crippen LogP contribution in [0.1, 0.15) is 22.6 Å². The Kier molecular flexibility index (Phi) is 12.5. The Balaban J connectivity index is 0.000000240. The average molecular weight is 593 g/mol. The van der Waals surface area contributed by atoms with E-state index in [2.05, 4.69) is 20.4 Å². The molecule has 0 amide bonds. The summed E-state index contributed by atoms with van der Waals surface area (Å²) in [5.74, 6) is 1.05. The van der Waals surface area contributed by atoms with Crippen LogP contribution in [0.5, 0.6) is 0 Å². The maximum absolute atomic E-state index is 5.95. The molecule has 2 aromatic carbocycles. The molecule has 0 bridgehead atoms. The van der Waals surface area contributed by atoms with Gasteiger partial charge in [0, 0.05) is 21.2 Å². The molecule has 2 heterocycles. The number of nitrogens with zero attached hydrogens (tertiary/aromatic N) is 4. The third-order valence-corrected chi connectivity index (χ3v) is 5.22. The summed E-state index contributed by atoms with van der Waals surface area (Å²) >= 11 is 21.9. The Hall–Kier alpha value is -2.68. The van der Waals surface area contributed by atoms with Crippen molar-refractivity contribution in [2.45, 2.75) is 0 Å². The summed E-state index contributed by atoms with van der Waals surface area (Å²) in [6.07, 6.45) is 6.18. The first-order chi connectivity index (χ1) is 16.5. The summed E-state index contributed by atoms with van der Waals surface area (Å²) < 4.78 is 10.2. The molecule has 0 radical (unpaired) electrons. The van der Waals surface area contributed by atoms with Crippen LogP contribution in [0, 0.1) is 0 Å². The van der Waals surface area contributed by atoms with Gasteiger partial charge in [0.05, 0.1) is 25.0 Å². The fourth-order valence-corrected chi connectivity index (χ4v) is 3.04. The third kappa shape index (κ3) is 9.47. The topological polar surface area (TPSA) is 75.7 Å². The molecule has 0 N–H and O–H groups in total. The van der Waals surface area contributed by atoms with Crippen molar-refractivity contribution in [2.24, 2.45) is 20.4 Å². The van der Waals surface area contributed by atoms with E-state index in [1.54, 1.807) is 48.8 Å². The van der Waals surface area contributed by atoms with Crippen molar-refractivity contribution >= 4 is 71.0 Å². The van der Waals surface area contributed by atoms with Gasteiger partial charge in [-0.15, -0.1) is 0 Å². The molecule has 35 heavy (non-hydrogen) atoms.